The Morgan fingerprint density at radius 2 is 1.86 bits per heavy atom. The summed E-state index contributed by atoms with van der Waals surface area (Å²) in [7, 11) is 0. The Kier molecular flexibility index (Phi) is 6.91. The fourth-order valence-electron chi connectivity index (χ4n) is 2.58. The molecule has 1 unspecified atom stereocenters. The van der Waals surface area contributed by atoms with E-state index in [0.29, 0.717) is 23.8 Å². The molecule has 150 valence electrons. The van der Waals surface area contributed by atoms with Crippen LogP contribution in [0.2, 0.25) is 5.02 Å². The predicted molar refractivity (Wildman–Crippen MR) is 107 cm³/mol. The van der Waals surface area contributed by atoms with Crippen LogP contribution in [0.15, 0.2) is 54.6 Å². The van der Waals surface area contributed by atoms with Crippen LogP contribution in [0.25, 0.3) is 11.4 Å². The Bertz CT molecular complexity index is 960. The third kappa shape index (κ3) is 5.61. The van der Waals surface area contributed by atoms with Gasteiger partial charge in [-0.1, -0.05) is 48.9 Å². The highest BCUT2D eigenvalue weighted by Crippen LogP contribution is 2.18. The van der Waals surface area contributed by atoms with E-state index in [-0.39, 0.29) is 12.5 Å². The number of tetrazole rings is 1. The molecular formula is C20H20ClN5O3. The van der Waals surface area contributed by atoms with Crippen molar-refractivity contribution in [3.05, 3.63) is 65.2 Å². The minimum atomic E-state index is -0.773. The third-order valence-electron chi connectivity index (χ3n) is 4.15. The number of aromatic nitrogens is 4. The van der Waals surface area contributed by atoms with E-state index < -0.39 is 12.0 Å². The van der Waals surface area contributed by atoms with Crippen molar-refractivity contribution in [3.8, 4) is 11.4 Å². The van der Waals surface area contributed by atoms with Gasteiger partial charge in [0.05, 0.1) is 0 Å². The molecule has 1 atom stereocenters. The number of ether oxygens (including phenoxy) is 1. The van der Waals surface area contributed by atoms with Crippen LogP contribution in [-0.4, -0.2) is 38.7 Å². The van der Waals surface area contributed by atoms with E-state index in [0.717, 1.165) is 11.1 Å². The van der Waals surface area contributed by atoms with Crippen LogP contribution in [0.1, 0.15) is 24.9 Å². The molecule has 0 bridgehead atoms. The van der Waals surface area contributed by atoms with Gasteiger partial charge in [-0.3, -0.25) is 4.79 Å². The van der Waals surface area contributed by atoms with Crippen LogP contribution < -0.4 is 5.32 Å². The third-order valence-corrected chi connectivity index (χ3v) is 4.40. The summed E-state index contributed by atoms with van der Waals surface area (Å²) in [5, 5.41) is 15.5. The van der Waals surface area contributed by atoms with Gasteiger partial charge >= 0.3 is 5.97 Å². The molecule has 3 aromatic rings. The molecule has 0 radical (unpaired) electrons. The first-order valence-corrected chi connectivity index (χ1v) is 9.47. The summed E-state index contributed by atoms with van der Waals surface area (Å²) in [6.07, 6.45) is 0.390. The van der Waals surface area contributed by atoms with Gasteiger partial charge in [-0.05, 0) is 41.5 Å². The lowest BCUT2D eigenvalue weighted by atomic mass is 10.2. The van der Waals surface area contributed by atoms with Gasteiger partial charge in [0.15, 0.2) is 12.6 Å². The van der Waals surface area contributed by atoms with E-state index in [2.05, 4.69) is 20.7 Å². The molecule has 1 N–H and O–H groups in total. The van der Waals surface area contributed by atoms with E-state index >= 15 is 0 Å². The minimum Gasteiger partial charge on any atom is -0.454 e. The van der Waals surface area contributed by atoms with Crippen LogP contribution in [-0.2, 0) is 20.9 Å². The highest BCUT2D eigenvalue weighted by molar-refractivity contribution is 6.30. The molecule has 9 heteroatoms. The maximum atomic E-state index is 12.4. The van der Waals surface area contributed by atoms with Crippen LogP contribution in [0.3, 0.4) is 0 Å². The van der Waals surface area contributed by atoms with Gasteiger partial charge < -0.3 is 10.1 Å². The molecule has 0 aliphatic rings. The maximum absolute atomic E-state index is 12.4. The molecule has 3 rings (SSSR count). The van der Waals surface area contributed by atoms with Crippen molar-refractivity contribution in [2.24, 2.45) is 0 Å². The maximum Gasteiger partial charge on any atom is 0.333 e. The monoisotopic (exact) mass is 413 g/mol. The van der Waals surface area contributed by atoms with Crippen molar-refractivity contribution >= 4 is 23.5 Å². The summed E-state index contributed by atoms with van der Waals surface area (Å²) >= 11 is 5.88. The van der Waals surface area contributed by atoms with Gasteiger partial charge in [0.25, 0.3) is 5.91 Å². The van der Waals surface area contributed by atoms with Crippen molar-refractivity contribution < 1.29 is 14.3 Å². The smallest absolute Gasteiger partial charge is 0.333 e. The van der Waals surface area contributed by atoms with Gasteiger partial charge in [0, 0.05) is 17.1 Å². The molecule has 0 fully saturated rings. The minimum absolute atomic E-state index is 0.365. The SMILES string of the molecule is CCC(C(=O)OCC(=O)NCc1ccccc1)n1nnc(-c2ccc(Cl)cc2)n1. The second-order valence-electron chi connectivity index (χ2n) is 6.23. The Hall–Kier alpha value is -3.26. The normalized spacial score (nSPS) is 11.7. The lowest BCUT2D eigenvalue weighted by Crippen LogP contribution is -2.31. The highest BCUT2D eigenvalue weighted by Gasteiger charge is 2.24. The largest absolute Gasteiger partial charge is 0.454 e. The van der Waals surface area contributed by atoms with Crippen LogP contribution in [0.4, 0.5) is 0 Å². The summed E-state index contributed by atoms with van der Waals surface area (Å²) in [5.41, 5.74) is 1.68. The number of nitrogens with one attached hydrogen (secondary N) is 1. The summed E-state index contributed by atoms with van der Waals surface area (Å²) < 4.78 is 5.13. The second-order valence-corrected chi connectivity index (χ2v) is 6.67. The molecule has 1 amide bonds. The number of benzene rings is 2. The lowest BCUT2D eigenvalue weighted by molar-refractivity contribution is -0.152. The lowest BCUT2D eigenvalue weighted by Gasteiger charge is -2.12. The first-order valence-electron chi connectivity index (χ1n) is 9.09. The fourth-order valence-corrected chi connectivity index (χ4v) is 2.70. The Labute approximate surface area is 172 Å². The molecule has 1 aromatic heterocycles. The number of hydrogen-bond acceptors (Lipinski definition) is 6. The molecule has 0 aliphatic heterocycles. The molecule has 0 saturated carbocycles. The summed E-state index contributed by atoms with van der Waals surface area (Å²) in [6, 6.07) is 15.7. The molecule has 0 aliphatic carbocycles. The molecule has 2 aromatic carbocycles. The molecule has 0 saturated heterocycles. The Balaban J connectivity index is 1.55. The first-order chi connectivity index (χ1) is 14.1. The van der Waals surface area contributed by atoms with Crippen molar-refractivity contribution in [2.45, 2.75) is 25.9 Å². The number of hydrogen-bond donors (Lipinski definition) is 1. The van der Waals surface area contributed by atoms with Gasteiger partial charge in [-0.25, -0.2) is 4.79 Å². The Morgan fingerprint density at radius 3 is 2.55 bits per heavy atom. The van der Waals surface area contributed by atoms with Crippen molar-refractivity contribution in [2.75, 3.05) is 6.61 Å². The molecule has 29 heavy (non-hydrogen) atoms. The Morgan fingerprint density at radius 1 is 1.14 bits per heavy atom. The quantitative estimate of drug-likeness (QED) is 0.570. The number of nitrogens with zero attached hydrogens (tertiary/aromatic N) is 4. The van der Waals surface area contributed by atoms with Crippen molar-refractivity contribution in [1.29, 1.82) is 0 Å². The first kappa shape index (κ1) is 20.5. The average Bonchev–Trinajstić information content (AvgIpc) is 3.22. The summed E-state index contributed by atoms with van der Waals surface area (Å²) in [4.78, 5) is 25.5. The molecule has 8 nitrogen and oxygen atoms in total. The van der Waals surface area contributed by atoms with Gasteiger partial charge in [0.2, 0.25) is 5.82 Å². The van der Waals surface area contributed by atoms with E-state index in [1.807, 2.05) is 30.3 Å². The van der Waals surface area contributed by atoms with Crippen molar-refractivity contribution in [3.63, 3.8) is 0 Å². The van der Waals surface area contributed by atoms with Gasteiger partial charge in [-0.15, -0.1) is 15.0 Å². The number of amides is 1. The zero-order chi connectivity index (χ0) is 20.6. The average molecular weight is 414 g/mol. The standard InChI is InChI=1S/C20H20ClN5O3/c1-2-17(26-24-19(23-25-26)15-8-10-16(21)11-9-15)20(28)29-13-18(27)22-12-14-6-4-3-5-7-14/h3-11,17H,2,12-13H2,1H3,(H,22,27). The second kappa shape index (κ2) is 9.79. The van der Waals surface area contributed by atoms with Crippen LogP contribution >= 0.6 is 11.6 Å². The number of rotatable bonds is 8. The summed E-state index contributed by atoms with van der Waals surface area (Å²) in [6.45, 7) is 1.79. The fraction of sp³-hybridized carbons (Fsp3) is 0.250. The van der Waals surface area contributed by atoms with E-state index in [1.54, 1.807) is 31.2 Å². The van der Waals surface area contributed by atoms with Gasteiger partial charge in [-0.2, -0.15) is 0 Å². The van der Waals surface area contributed by atoms with E-state index in [1.165, 1.54) is 4.80 Å². The van der Waals surface area contributed by atoms with Crippen LogP contribution in [0.5, 0.6) is 0 Å². The van der Waals surface area contributed by atoms with Gasteiger partial charge in [0.1, 0.15) is 0 Å². The number of carbonyl (C=O) groups excluding carboxylic acids is 2. The topological polar surface area (TPSA) is 99.0 Å². The summed E-state index contributed by atoms with van der Waals surface area (Å²) in [5.74, 6) is -0.610. The molecule has 1 heterocycles. The number of esters is 1. The zero-order valence-electron chi connectivity index (χ0n) is 15.8. The van der Waals surface area contributed by atoms with E-state index in [9.17, 15) is 9.59 Å². The van der Waals surface area contributed by atoms with Crippen LogP contribution in [0, 0.1) is 0 Å². The number of halogens is 1. The zero-order valence-corrected chi connectivity index (χ0v) is 16.5. The molecular weight excluding hydrogens is 394 g/mol. The van der Waals surface area contributed by atoms with Crippen molar-refractivity contribution in [1.82, 2.24) is 25.5 Å². The van der Waals surface area contributed by atoms with E-state index in [4.69, 9.17) is 16.3 Å². The number of carbonyl (C=O) groups is 2. The highest BCUT2D eigenvalue weighted by atomic mass is 35.5. The molecule has 0 spiro atoms. The predicted octanol–water partition coefficient (Wildman–Crippen LogP) is 2.80.